The van der Waals surface area contributed by atoms with E-state index in [0.29, 0.717) is 6.54 Å². The van der Waals surface area contributed by atoms with Gasteiger partial charge in [0, 0.05) is 18.7 Å². The predicted octanol–water partition coefficient (Wildman–Crippen LogP) is -0.248. The lowest BCUT2D eigenvalue weighted by atomic mass is 10.3. The molecule has 0 spiro atoms. The second kappa shape index (κ2) is 1.92. The first-order chi connectivity index (χ1) is 3.43. The molecule has 2 nitrogen and oxygen atoms in total. The van der Waals surface area contributed by atoms with Gasteiger partial charge in [-0.1, -0.05) is 0 Å². The molecular formula is C5H6NO. The van der Waals surface area contributed by atoms with E-state index >= 15 is 0 Å². The summed E-state index contributed by atoms with van der Waals surface area (Å²) in [5.74, 6) is 1.84. The molecule has 0 unspecified atom stereocenters. The van der Waals surface area contributed by atoms with E-state index in [-0.39, 0.29) is 0 Å². The standard InChI is InChI=1S/C5H6NO/c7-4-5-1-2-6-3-5/h1-3H2. The van der Waals surface area contributed by atoms with Crippen LogP contribution in [0.4, 0.5) is 0 Å². The van der Waals surface area contributed by atoms with Crippen molar-refractivity contribution in [3.63, 3.8) is 0 Å². The molecule has 0 aliphatic carbocycles. The summed E-state index contributed by atoms with van der Waals surface area (Å²) in [5, 5.41) is 3.94. The maximum absolute atomic E-state index is 9.79. The molecule has 0 aromatic heterocycles. The number of rotatable bonds is 0. The topological polar surface area (TPSA) is 31.2 Å². The molecule has 0 bridgehead atoms. The van der Waals surface area contributed by atoms with Crippen molar-refractivity contribution in [2.45, 2.75) is 6.42 Å². The van der Waals surface area contributed by atoms with Crippen LogP contribution in [0.2, 0.25) is 0 Å². The Bertz CT molecular complexity index is 105. The van der Waals surface area contributed by atoms with Crippen LogP contribution in [0.15, 0.2) is 5.57 Å². The Balaban J connectivity index is 2.57. The molecule has 0 atom stereocenters. The van der Waals surface area contributed by atoms with E-state index in [2.05, 4.69) is 5.32 Å². The second-order valence-corrected chi connectivity index (χ2v) is 1.56. The number of carbonyl (C=O) groups excluding carboxylic acids is 1. The first-order valence-corrected chi connectivity index (χ1v) is 2.29. The lowest BCUT2D eigenvalue weighted by Gasteiger charge is -1.75. The lowest BCUT2D eigenvalue weighted by molar-refractivity contribution is 0.566. The van der Waals surface area contributed by atoms with Crippen LogP contribution in [-0.2, 0) is 4.79 Å². The van der Waals surface area contributed by atoms with Crippen LogP contribution in [-0.4, -0.2) is 19.0 Å². The summed E-state index contributed by atoms with van der Waals surface area (Å²) in [6.07, 6.45) is 0.837. The Morgan fingerprint density at radius 1 is 1.71 bits per heavy atom. The molecule has 0 amide bonds. The Morgan fingerprint density at radius 3 is 2.86 bits per heavy atom. The van der Waals surface area contributed by atoms with E-state index in [1.807, 2.05) is 5.94 Å². The fraction of sp³-hybridized carbons (Fsp3) is 0.600. The van der Waals surface area contributed by atoms with Gasteiger partial charge < -0.3 is 0 Å². The SMILES string of the molecule is O=C=C1CC[N]C1. The average molecular weight is 96.1 g/mol. The van der Waals surface area contributed by atoms with E-state index in [1.165, 1.54) is 0 Å². The van der Waals surface area contributed by atoms with Crippen molar-refractivity contribution in [3.8, 4) is 0 Å². The van der Waals surface area contributed by atoms with E-state index in [0.717, 1.165) is 18.5 Å². The minimum absolute atomic E-state index is 0.628. The van der Waals surface area contributed by atoms with Gasteiger partial charge in [0.2, 0.25) is 0 Å². The zero-order chi connectivity index (χ0) is 5.11. The lowest BCUT2D eigenvalue weighted by Crippen LogP contribution is -1.93. The zero-order valence-corrected chi connectivity index (χ0v) is 3.98. The third kappa shape index (κ3) is 0.889. The van der Waals surface area contributed by atoms with Crippen molar-refractivity contribution in [2.24, 2.45) is 0 Å². The molecule has 0 aromatic rings. The molecule has 1 heterocycles. The van der Waals surface area contributed by atoms with Gasteiger partial charge in [0.1, 0.15) is 5.94 Å². The van der Waals surface area contributed by atoms with Gasteiger partial charge in [0.05, 0.1) is 0 Å². The van der Waals surface area contributed by atoms with Gasteiger partial charge in [-0.15, -0.1) is 0 Å². The maximum atomic E-state index is 9.79. The molecule has 7 heavy (non-hydrogen) atoms. The van der Waals surface area contributed by atoms with E-state index in [4.69, 9.17) is 0 Å². The molecule has 37 valence electrons. The summed E-state index contributed by atoms with van der Waals surface area (Å²) in [5.41, 5.74) is 0.819. The predicted molar refractivity (Wildman–Crippen MR) is 25.7 cm³/mol. The van der Waals surface area contributed by atoms with Gasteiger partial charge in [0.25, 0.3) is 0 Å². The summed E-state index contributed by atoms with van der Waals surface area (Å²) < 4.78 is 0. The monoisotopic (exact) mass is 96.0 g/mol. The van der Waals surface area contributed by atoms with Crippen molar-refractivity contribution >= 4 is 5.94 Å². The molecule has 1 radical (unpaired) electrons. The van der Waals surface area contributed by atoms with Crippen molar-refractivity contribution in [1.82, 2.24) is 5.32 Å². The highest BCUT2D eigenvalue weighted by Gasteiger charge is 2.05. The zero-order valence-electron chi connectivity index (χ0n) is 3.98. The van der Waals surface area contributed by atoms with Gasteiger partial charge in [-0.2, -0.15) is 0 Å². The molecule has 0 aromatic carbocycles. The highest BCUT2D eigenvalue weighted by atomic mass is 16.1. The van der Waals surface area contributed by atoms with Gasteiger partial charge >= 0.3 is 0 Å². The fourth-order valence-corrected chi connectivity index (χ4v) is 0.590. The van der Waals surface area contributed by atoms with Crippen molar-refractivity contribution < 1.29 is 4.79 Å². The van der Waals surface area contributed by atoms with Crippen molar-refractivity contribution in [1.29, 1.82) is 0 Å². The van der Waals surface area contributed by atoms with Crippen LogP contribution in [0.1, 0.15) is 6.42 Å². The Labute approximate surface area is 42.2 Å². The number of hydrogen-bond donors (Lipinski definition) is 0. The molecule has 1 fully saturated rings. The summed E-state index contributed by atoms with van der Waals surface area (Å²) in [7, 11) is 0. The van der Waals surface area contributed by atoms with Gasteiger partial charge in [0.15, 0.2) is 0 Å². The Hall–Kier alpha value is -0.590. The normalized spacial score (nSPS) is 19.7. The molecule has 1 rings (SSSR count). The summed E-state index contributed by atoms with van der Waals surface area (Å²) >= 11 is 0. The van der Waals surface area contributed by atoms with Crippen LogP contribution < -0.4 is 5.32 Å². The van der Waals surface area contributed by atoms with Crippen LogP contribution in [0.5, 0.6) is 0 Å². The van der Waals surface area contributed by atoms with Gasteiger partial charge in [-0.05, 0) is 6.42 Å². The highest BCUT2D eigenvalue weighted by Crippen LogP contribution is 2.00. The minimum atomic E-state index is 0.628. The fourth-order valence-electron chi connectivity index (χ4n) is 0.590. The van der Waals surface area contributed by atoms with Gasteiger partial charge in [-0.3, -0.25) is 0 Å². The summed E-state index contributed by atoms with van der Waals surface area (Å²) in [6, 6.07) is 0. The molecule has 0 saturated carbocycles. The highest BCUT2D eigenvalue weighted by molar-refractivity contribution is 5.53. The van der Waals surface area contributed by atoms with Crippen LogP contribution >= 0.6 is 0 Å². The van der Waals surface area contributed by atoms with E-state index < -0.39 is 0 Å². The van der Waals surface area contributed by atoms with E-state index in [1.54, 1.807) is 0 Å². The molecule has 1 aliphatic heterocycles. The average Bonchev–Trinajstić information content (AvgIpc) is 2.14. The van der Waals surface area contributed by atoms with Crippen molar-refractivity contribution in [3.05, 3.63) is 5.57 Å². The minimum Gasteiger partial charge on any atom is -0.236 e. The molecular weight excluding hydrogens is 90.1 g/mol. The van der Waals surface area contributed by atoms with Crippen LogP contribution in [0.3, 0.4) is 0 Å². The molecule has 1 saturated heterocycles. The molecule has 1 aliphatic rings. The second-order valence-electron chi connectivity index (χ2n) is 1.56. The van der Waals surface area contributed by atoms with Crippen molar-refractivity contribution in [2.75, 3.05) is 13.1 Å². The first kappa shape index (κ1) is 4.57. The first-order valence-electron chi connectivity index (χ1n) is 2.29. The number of hydrogen-bond acceptors (Lipinski definition) is 1. The van der Waals surface area contributed by atoms with Crippen LogP contribution in [0.25, 0.3) is 0 Å². The molecule has 0 N–H and O–H groups in total. The molecule has 2 heteroatoms. The maximum Gasteiger partial charge on any atom is 0.124 e. The van der Waals surface area contributed by atoms with E-state index in [9.17, 15) is 4.79 Å². The number of nitrogens with zero attached hydrogens (tertiary/aromatic N) is 1. The smallest absolute Gasteiger partial charge is 0.124 e. The Morgan fingerprint density at radius 2 is 2.57 bits per heavy atom. The Kier molecular flexibility index (Phi) is 1.25. The van der Waals surface area contributed by atoms with Crippen LogP contribution in [0, 0.1) is 0 Å². The largest absolute Gasteiger partial charge is 0.236 e. The summed E-state index contributed by atoms with van der Waals surface area (Å²) in [4.78, 5) is 9.79. The van der Waals surface area contributed by atoms with Gasteiger partial charge in [-0.25, -0.2) is 10.1 Å². The summed E-state index contributed by atoms with van der Waals surface area (Å²) in [6.45, 7) is 1.45. The quantitative estimate of drug-likeness (QED) is 0.383. The third-order valence-electron chi connectivity index (χ3n) is 1.02. The third-order valence-corrected chi connectivity index (χ3v) is 1.02.